The molecule has 2 N–H and O–H groups in total. The van der Waals surface area contributed by atoms with Crippen molar-refractivity contribution in [3.63, 3.8) is 0 Å². The highest BCUT2D eigenvalue weighted by Crippen LogP contribution is 2.49. The van der Waals surface area contributed by atoms with E-state index in [2.05, 4.69) is 10.3 Å². The van der Waals surface area contributed by atoms with Crippen LogP contribution in [0, 0.1) is 5.92 Å². The van der Waals surface area contributed by atoms with Gasteiger partial charge in [-0.05, 0) is 35.9 Å². The Balaban J connectivity index is 1.59. The normalized spacial score (nSPS) is 29.7. The quantitative estimate of drug-likeness (QED) is 0.862. The number of pyridine rings is 1. The van der Waals surface area contributed by atoms with Crippen LogP contribution in [0.4, 0.5) is 18.9 Å². The number of carbonyl (C=O) groups is 1. The smallest absolute Gasteiger partial charge is 0.390 e. The highest BCUT2D eigenvalue weighted by Gasteiger charge is 2.56. The van der Waals surface area contributed by atoms with Crippen LogP contribution in [-0.2, 0) is 15.7 Å². The predicted octanol–water partition coefficient (Wildman–Crippen LogP) is 2.97. The van der Waals surface area contributed by atoms with Crippen LogP contribution in [0.3, 0.4) is 0 Å². The average Bonchev–Trinajstić information content (AvgIpc) is 3.19. The molecule has 5 unspecified atom stereocenters. The van der Waals surface area contributed by atoms with Crippen molar-refractivity contribution in [3.8, 4) is 0 Å². The van der Waals surface area contributed by atoms with Crippen LogP contribution in [0.1, 0.15) is 23.5 Å². The molecule has 4 rings (SSSR count). The second-order valence-electron chi connectivity index (χ2n) is 6.84. The van der Waals surface area contributed by atoms with Gasteiger partial charge in [0.05, 0.1) is 29.8 Å². The lowest BCUT2D eigenvalue weighted by atomic mass is 9.74. The van der Waals surface area contributed by atoms with Crippen molar-refractivity contribution in [1.82, 2.24) is 4.98 Å². The van der Waals surface area contributed by atoms with E-state index in [1.807, 2.05) is 0 Å². The Hall–Kier alpha value is -2.45. The topological polar surface area (TPSA) is 71.5 Å². The number of hydrogen-bond acceptors (Lipinski definition) is 4. The van der Waals surface area contributed by atoms with Crippen LogP contribution in [0.5, 0.6) is 0 Å². The van der Waals surface area contributed by atoms with Gasteiger partial charge in [0.2, 0.25) is 5.91 Å². The van der Waals surface area contributed by atoms with Gasteiger partial charge in [-0.3, -0.25) is 9.78 Å². The minimum Gasteiger partial charge on any atom is -0.390 e. The molecule has 1 aromatic heterocycles. The third-order valence-corrected chi connectivity index (χ3v) is 5.18. The SMILES string of the molecule is O=C(Nc1cccc(C(F)(F)F)c1)C1C2CC(O)C(O2)C1c1ccncc1. The van der Waals surface area contributed by atoms with Gasteiger partial charge in [-0.25, -0.2) is 0 Å². The number of amides is 1. The van der Waals surface area contributed by atoms with Crippen molar-refractivity contribution in [2.75, 3.05) is 5.32 Å². The van der Waals surface area contributed by atoms with Crippen LogP contribution in [-0.4, -0.2) is 34.3 Å². The molecule has 0 radical (unpaired) electrons. The average molecular weight is 378 g/mol. The molecule has 0 spiro atoms. The molecule has 1 aromatic carbocycles. The lowest BCUT2D eigenvalue weighted by Gasteiger charge is -2.30. The first-order valence-corrected chi connectivity index (χ1v) is 8.56. The molecule has 5 nitrogen and oxygen atoms in total. The molecule has 1 amide bonds. The predicted molar refractivity (Wildman–Crippen MR) is 89.8 cm³/mol. The molecular weight excluding hydrogens is 361 g/mol. The number of ether oxygens (including phenoxy) is 1. The number of nitrogens with zero attached hydrogens (tertiary/aromatic N) is 1. The van der Waals surface area contributed by atoms with Crippen LogP contribution < -0.4 is 5.32 Å². The maximum Gasteiger partial charge on any atom is 0.416 e. The van der Waals surface area contributed by atoms with E-state index in [1.54, 1.807) is 24.5 Å². The van der Waals surface area contributed by atoms with Crippen LogP contribution in [0.15, 0.2) is 48.8 Å². The Morgan fingerprint density at radius 3 is 2.67 bits per heavy atom. The molecule has 8 heteroatoms. The van der Waals surface area contributed by atoms with E-state index in [4.69, 9.17) is 4.74 Å². The van der Waals surface area contributed by atoms with Crippen LogP contribution in [0.25, 0.3) is 0 Å². The van der Waals surface area contributed by atoms with E-state index in [-0.39, 0.29) is 11.6 Å². The number of rotatable bonds is 3. The summed E-state index contributed by atoms with van der Waals surface area (Å²) >= 11 is 0. The Labute approximate surface area is 153 Å². The first kappa shape index (κ1) is 17.9. The highest BCUT2D eigenvalue weighted by atomic mass is 19.4. The molecule has 27 heavy (non-hydrogen) atoms. The monoisotopic (exact) mass is 378 g/mol. The number of aromatic nitrogens is 1. The molecule has 2 bridgehead atoms. The van der Waals surface area contributed by atoms with E-state index < -0.39 is 41.9 Å². The minimum absolute atomic E-state index is 0.0756. The number of anilines is 1. The van der Waals surface area contributed by atoms with E-state index in [9.17, 15) is 23.1 Å². The van der Waals surface area contributed by atoms with Gasteiger partial charge in [-0.2, -0.15) is 13.2 Å². The maximum absolute atomic E-state index is 12.9. The summed E-state index contributed by atoms with van der Waals surface area (Å²) in [7, 11) is 0. The van der Waals surface area contributed by atoms with Crippen molar-refractivity contribution in [2.24, 2.45) is 5.92 Å². The lowest BCUT2D eigenvalue weighted by Crippen LogP contribution is -2.41. The number of nitrogens with one attached hydrogen (secondary N) is 1. The second kappa shape index (κ2) is 6.61. The zero-order valence-corrected chi connectivity index (χ0v) is 14.1. The summed E-state index contributed by atoms with van der Waals surface area (Å²) < 4.78 is 44.5. The summed E-state index contributed by atoms with van der Waals surface area (Å²) in [5.41, 5.74) is 0.0534. The third kappa shape index (κ3) is 3.30. The van der Waals surface area contributed by atoms with Crippen molar-refractivity contribution in [1.29, 1.82) is 0 Å². The molecule has 2 aliphatic rings. The standard InChI is InChI=1S/C19H17F3N2O3/c20-19(21,22)11-2-1-3-12(8-11)24-18(26)16-14-9-13(25)17(27-14)15(16)10-4-6-23-7-5-10/h1-8,13-17,25H,9H2,(H,24,26). The van der Waals surface area contributed by atoms with Gasteiger partial charge in [0.1, 0.15) is 0 Å². The maximum atomic E-state index is 12.9. The van der Waals surface area contributed by atoms with Gasteiger partial charge in [0.25, 0.3) is 0 Å². The van der Waals surface area contributed by atoms with Gasteiger partial charge < -0.3 is 15.2 Å². The number of aliphatic hydroxyl groups excluding tert-OH is 1. The largest absolute Gasteiger partial charge is 0.416 e. The fraction of sp³-hybridized carbons (Fsp3) is 0.368. The van der Waals surface area contributed by atoms with Gasteiger partial charge in [0, 0.05) is 30.4 Å². The first-order chi connectivity index (χ1) is 12.8. The van der Waals surface area contributed by atoms with Crippen LogP contribution >= 0.6 is 0 Å². The number of hydrogen-bond donors (Lipinski definition) is 2. The first-order valence-electron chi connectivity index (χ1n) is 8.56. The molecule has 142 valence electrons. The molecule has 3 heterocycles. The third-order valence-electron chi connectivity index (χ3n) is 5.18. The summed E-state index contributed by atoms with van der Waals surface area (Å²) in [6, 6.07) is 8.03. The Morgan fingerprint density at radius 2 is 1.96 bits per heavy atom. The molecule has 2 aromatic rings. The minimum atomic E-state index is -4.49. The summed E-state index contributed by atoms with van der Waals surface area (Å²) in [4.78, 5) is 16.8. The van der Waals surface area contributed by atoms with E-state index in [1.165, 1.54) is 12.1 Å². The number of fused-ring (bicyclic) bond motifs is 2. The summed E-state index contributed by atoms with van der Waals surface area (Å²) in [6.45, 7) is 0. The van der Waals surface area contributed by atoms with Gasteiger partial charge >= 0.3 is 6.18 Å². The number of carbonyl (C=O) groups excluding carboxylic acids is 1. The van der Waals surface area contributed by atoms with E-state index in [0.29, 0.717) is 6.42 Å². The molecule has 2 aliphatic heterocycles. The molecule has 0 saturated carbocycles. The summed E-state index contributed by atoms with van der Waals surface area (Å²) in [6.07, 6.45) is -2.65. The Morgan fingerprint density at radius 1 is 1.22 bits per heavy atom. The van der Waals surface area contributed by atoms with Crippen molar-refractivity contribution in [2.45, 2.75) is 36.8 Å². The fourth-order valence-corrected chi connectivity index (χ4v) is 4.02. The summed E-state index contributed by atoms with van der Waals surface area (Å²) in [5, 5.41) is 12.7. The number of halogens is 3. The summed E-state index contributed by atoms with van der Waals surface area (Å²) in [5.74, 6) is -1.40. The van der Waals surface area contributed by atoms with Gasteiger partial charge in [-0.15, -0.1) is 0 Å². The van der Waals surface area contributed by atoms with Crippen molar-refractivity contribution >= 4 is 11.6 Å². The highest BCUT2D eigenvalue weighted by molar-refractivity contribution is 5.94. The molecule has 0 aliphatic carbocycles. The van der Waals surface area contributed by atoms with E-state index in [0.717, 1.165) is 17.7 Å². The molecule has 2 fully saturated rings. The van der Waals surface area contributed by atoms with Crippen molar-refractivity contribution in [3.05, 3.63) is 59.9 Å². The zero-order chi connectivity index (χ0) is 19.2. The van der Waals surface area contributed by atoms with Crippen LogP contribution in [0.2, 0.25) is 0 Å². The fourth-order valence-electron chi connectivity index (χ4n) is 4.02. The second-order valence-corrected chi connectivity index (χ2v) is 6.84. The number of benzene rings is 1. The lowest BCUT2D eigenvalue weighted by molar-refractivity contribution is -0.137. The number of alkyl halides is 3. The Bertz CT molecular complexity index is 844. The van der Waals surface area contributed by atoms with E-state index >= 15 is 0 Å². The van der Waals surface area contributed by atoms with Crippen molar-refractivity contribution < 1.29 is 27.8 Å². The van der Waals surface area contributed by atoms with Gasteiger partial charge in [-0.1, -0.05) is 6.07 Å². The molecule has 2 saturated heterocycles. The van der Waals surface area contributed by atoms with Gasteiger partial charge in [0.15, 0.2) is 0 Å². The number of aliphatic hydroxyl groups is 1. The molecular formula is C19H17F3N2O3. The Kier molecular flexibility index (Phi) is 4.39. The zero-order valence-electron chi connectivity index (χ0n) is 14.1. The molecule has 5 atom stereocenters.